The van der Waals surface area contributed by atoms with Gasteiger partial charge in [-0.15, -0.1) is 0 Å². The van der Waals surface area contributed by atoms with Crippen LogP contribution in [-0.2, 0) is 11.8 Å². The lowest BCUT2D eigenvalue weighted by atomic mass is 9.96. The molecule has 0 radical (unpaired) electrons. The molecule has 1 aliphatic carbocycles. The third-order valence-electron chi connectivity index (χ3n) is 6.38. The molecule has 0 bridgehead atoms. The first-order valence-electron chi connectivity index (χ1n) is 12.2. The quantitative estimate of drug-likeness (QED) is 0.378. The third-order valence-corrected chi connectivity index (χ3v) is 6.38. The number of pyridine rings is 1. The van der Waals surface area contributed by atoms with Crippen LogP contribution in [0.25, 0.3) is 16.7 Å². The van der Waals surface area contributed by atoms with Crippen molar-refractivity contribution in [2.75, 3.05) is 17.2 Å². The van der Waals surface area contributed by atoms with E-state index in [1.807, 2.05) is 0 Å². The molecule has 10 nitrogen and oxygen atoms in total. The Labute approximate surface area is 216 Å². The van der Waals surface area contributed by atoms with Crippen LogP contribution < -0.4 is 32.9 Å². The van der Waals surface area contributed by atoms with Crippen molar-refractivity contribution in [3.05, 3.63) is 85.5 Å². The van der Waals surface area contributed by atoms with Crippen molar-refractivity contribution in [3.8, 4) is 5.69 Å². The van der Waals surface area contributed by atoms with Gasteiger partial charge in [-0.2, -0.15) is 0 Å². The molecular formula is C26H25BFN5O5. The Morgan fingerprint density at radius 1 is 1.11 bits per heavy atom. The molecule has 1 aliphatic rings. The van der Waals surface area contributed by atoms with Crippen molar-refractivity contribution < 1.29 is 13.9 Å². The molecule has 1 amide bonds. The molecule has 0 spiro atoms. The van der Waals surface area contributed by atoms with Crippen molar-refractivity contribution in [1.29, 1.82) is 0 Å². The van der Waals surface area contributed by atoms with E-state index in [0.29, 0.717) is 29.7 Å². The smallest absolute Gasteiger partial charge is 0.411 e. The second-order valence-electron chi connectivity index (χ2n) is 9.18. The van der Waals surface area contributed by atoms with Gasteiger partial charge in [0.1, 0.15) is 24.7 Å². The molecule has 2 N–H and O–H groups in total. The molecule has 38 heavy (non-hydrogen) atoms. The molecule has 2 aromatic carbocycles. The average Bonchev–Trinajstić information content (AvgIpc) is 3.69. The molecule has 0 atom stereocenters. The number of anilines is 3. The number of amides is 1. The highest BCUT2D eigenvalue weighted by Gasteiger charge is 2.31. The van der Waals surface area contributed by atoms with E-state index in [4.69, 9.17) is 4.74 Å². The number of nitrogens with zero attached hydrogens (tertiary/aromatic N) is 3. The summed E-state index contributed by atoms with van der Waals surface area (Å²) >= 11 is 0. The number of rotatable bonds is 6. The number of ether oxygens (including phenoxy) is 1. The standard InChI is InChI=1S/C26H25BFN5O5/c1-3-38-25(36)29-15-5-4-6-17(12-15)32-23-22(24(35)33(26(32)37)16-8-9-16)20(13-21(34)31(23)2)30-19-10-7-14(27)11-18(19)28/h4-7,10-13,16,30H,3,8-9,27H2,1-2H3,(H,29,36). The normalized spacial score (nSPS) is 12.9. The first kappa shape index (κ1) is 25.1. The molecule has 2 heterocycles. The van der Waals surface area contributed by atoms with Gasteiger partial charge in [-0.1, -0.05) is 17.6 Å². The Morgan fingerprint density at radius 3 is 2.55 bits per heavy atom. The molecule has 0 unspecified atom stereocenters. The minimum Gasteiger partial charge on any atom is -0.450 e. The summed E-state index contributed by atoms with van der Waals surface area (Å²) in [5, 5.41) is 5.55. The topological polar surface area (TPSA) is 116 Å². The molecule has 1 fully saturated rings. The van der Waals surface area contributed by atoms with E-state index in [0.717, 1.165) is 0 Å². The predicted molar refractivity (Wildman–Crippen MR) is 146 cm³/mol. The summed E-state index contributed by atoms with van der Waals surface area (Å²) in [4.78, 5) is 52.5. The van der Waals surface area contributed by atoms with Gasteiger partial charge in [0.15, 0.2) is 0 Å². The van der Waals surface area contributed by atoms with Gasteiger partial charge in [-0.05, 0) is 50.1 Å². The fourth-order valence-corrected chi connectivity index (χ4v) is 4.42. The maximum Gasteiger partial charge on any atom is 0.411 e. The molecule has 4 aromatic rings. The number of aryl methyl sites for hydroxylation is 1. The Morgan fingerprint density at radius 2 is 1.87 bits per heavy atom. The number of fused-ring (bicyclic) bond motifs is 1. The lowest BCUT2D eigenvalue weighted by Gasteiger charge is -2.19. The number of halogens is 1. The highest BCUT2D eigenvalue weighted by atomic mass is 19.1. The minimum absolute atomic E-state index is 0.0349. The molecule has 194 valence electrons. The van der Waals surface area contributed by atoms with E-state index >= 15 is 0 Å². The van der Waals surface area contributed by atoms with Crippen LogP contribution >= 0.6 is 0 Å². The van der Waals surface area contributed by atoms with Crippen LogP contribution in [0.1, 0.15) is 25.8 Å². The van der Waals surface area contributed by atoms with E-state index in [2.05, 4.69) is 10.6 Å². The van der Waals surface area contributed by atoms with Gasteiger partial charge < -0.3 is 10.1 Å². The lowest BCUT2D eigenvalue weighted by molar-refractivity contribution is 0.168. The Bertz CT molecular complexity index is 1770. The zero-order chi connectivity index (χ0) is 27.1. The largest absolute Gasteiger partial charge is 0.450 e. The van der Waals surface area contributed by atoms with Crippen molar-refractivity contribution >= 4 is 47.5 Å². The van der Waals surface area contributed by atoms with Crippen molar-refractivity contribution in [1.82, 2.24) is 13.7 Å². The number of carbonyl (C=O) groups is 1. The van der Waals surface area contributed by atoms with E-state index in [1.165, 1.54) is 38.9 Å². The Kier molecular flexibility index (Phi) is 6.39. The average molecular weight is 517 g/mol. The van der Waals surface area contributed by atoms with Gasteiger partial charge in [0, 0.05) is 24.8 Å². The monoisotopic (exact) mass is 517 g/mol. The molecule has 12 heteroatoms. The van der Waals surface area contributed by atoms with Crippen LogP contribution in [0, 0.1) is 5.82 Å². The summed E-state index contributed by atoms with van der Waals surface area (Å²) in [6, 6.07) is 11.9. The summed E-state index contributed by atoms with van der Waals surface area (Å²) in [6.45, 7) is 1.86. The molecule has 1 saturated carbocycles. The van der Waals surface area contributed by atoms with Crippen molar-refractivity contribution in [2.24, 2.45) is 7.05 Å². The van der Waals surface area contributed by atoms with Crippen LogP contribution in [0.5, 0.6) is 0 Å². The molecule has 2 aromatic heterocycles. The van der Waals surface area contributed by atoms with E-state index < -0.39 is 28.7 Å². The highest BCUT2D eigenvalue weighted by molar-refractivity contribution is 6.32. The summed E-state index contributed by atoms with van der Waals surface area (Å²) < 4.78 is 23.3. The van der Waals surface area contributed by atoms with Gasteiger partial charge in [0.25, 0.3) is 11.1 Å². The SMILES string of the molecule is Bc1ccc(Nc2cc(=O)n(C)c3c2c(=O)n(C2CC2)c(=O)n3-c2cccc(NC(=O)OCC)c2)c(F)c1. The maximum atomic E-state index is 14.7. The second kappa shape index (κ2) is 9.69. The lowest BCUT2D eigenvalue weighted by Crippen LogP contribution is -2.41. The third kappa shape index (κ3) is 4.49. The zero-order valence-corrected chi connectivity index (χ0v) is 21.1. The van der Waals surface area contributed by atoms with Crippen LogP contribution in [0.3, 0.4) is 0 Å². The van der Waals surface area contributed by atoms with E-state index in [9.17, 15) is 23.6 Å². The van der Waals surface area contributed by atoms with Crippen molar-refractivity contribution in [2.45, 2.75) is 25.8 Å². The fraction of sp³-hybridized carbons (Fsp3) is 0.231. The summed E-state index contributed by atoms with van der Waals surface area (Å²) in [7, 11) is 3.21. The Hall–Kier alpha value is -4.61. The molecule has 0 saturated heterocycles. The number of benzene rings is 2. The fourth-order valence-electron chi connectivity index (χ4n) is 4.42. The van der Waals surface area contributed by atoms with Crippen LogP contribution in [0.15, 0.2) is 62.9 Å². The van der Waals surface area contributed by atoms with Crippen LogP contribution in [0.2, 0.25) is 0 Å². The molecular weight excluding hydrogens is 492 g/mol. The Balaban J connectivity index is 1.80. The minimum atomic E-state index is -0.663. The van der Waals surface area contributed by atoms with Gasteiger partial charge >= 0.3 is 11.8 Å². The predicted octanol–water partition coefficient (Wildman–Crippen LogP) is 1.90. The molecule has 0 aliphatic heterocycles. The summed E-state index contributed by atoms with van der Waals surface area (Å²) in [6.07, 6.45) is 0.655. The first-order valence-corrected chi connectivity index (χ1v) is 12.2. The van der Waals surface area contributed by atoms with Gasteiger partial charge in [0.05, 0.1) is 23.7 Å². The van der Waals surface area contributed by atoms with Crippen LogP contribution in [0.4, 0.5) is 26.2 Å². The zero-order valence-electron chi connectivity index (χ0n) is 21.1. The second-order valence-corrected chi connectivity index (χ2v) is 9.18. The van der Waals surface area contributed by atoms with Gasteiger partial charge in [0.2, 0.25) is 0 Å². The summed E-state index contributed by atoms with van der Waals surface area (Å²) in [5.74, 6) is -0.549. The van der Waals surface area contributed by atoms with Crippen molar-refractivity contribution in [3.63, 3.8) is 0 Å². The highest BCUT2D eigenvalue weighted by Crippen LogP contribution is 2.33. The number of nitrogens with one attached hydrogen (secondary N) is 2. The van der Waals surface area contributed by atoms with E-state index in [-0.39, 0.29) is 35.1 Å². The number of hydrogen-bond donors (Lipinski definition) is 2. The number of carbonyl (C=O) groups excluding carboxylic acids is 1. The maximum absolute atomic E-state index is 14.7. The van der Waals surface area contributed by atoms with Gasteiger partial charge in [-0.25, -0.2) is 18.5 Å². The number of hydrogen-bond acceptors (Lipinski definition) is 6. The van der Waals surface area contributed by atoms with Gasteiger partial charge in [-0.3, -0.25) is 24.0 Å². The first-order chi connectivity index (χ1) is 18.2. The number of aromatic nitrogens is 3. The summed E-state index contributed by atoms with van der Waals surface area (Å²) in [5.41, 5.74) is -0.118. The van der Waals surface area contributed by atoms with Crippen LogP contribution in [-0.4, -0.2) is 34.2 Å². The molecule has 5 rings (SSSR count). The van der Waals surface area contributed by atoms with E-state index in [1.54, 1.807) is 45.1 Å².